The van der Waals surface area contributed by atoms with E-state index >= 15 is 0 Å². The van der Waals surface area contributed by atoms with Gasteiger partial charge in [0.25, 0.3) is 5.91 Å². The molecule has 0 saturated carbocycles. The molecule has 0 saturated heterocycles. The van der Waals surface area contributed by atoms with Gasteiger partial charge in [-0.3, -0.25) is 4.79 Å². The van der Waals surface area contributed by atoms with E-state index in [4.69, 9.17) is 9.57 Å². The summed E-state index contributed by atoms with van der Waals surface area (Å²) in [5.74, 6) is 0.923. The normalized spacial score (nSPS) is 15.2. The second-order valence-corrected chi connectivity index (χ2v) is 7.95. The van der Waals surface area contributed by atoms with Crippen LogP contribution >= 0.6 is 0 Å². The number of aryl methyl sites for hydroxylation is 1. The molecule has 0 heterocycles. The lowest BCUT2D eigenvalue weighted by Gasteiger charge is -2.15. The van der Waals surface area contributed by atoms with Crippen LogP contribution in [0.1, 0.15) is 45.7 Å². The molecule has 5 nitrogen and oxygen atoms in total. The van der Waals surface area contributed by atoms with E-state index in [1.165, 1.54) is 29.4 Å². The number of fused-ring (bicyclic) bond motifs is 1. The van der Waals surface area contributed by atoms with Crippen molar-refractivity contribution in [1.82, 2.24) is 5.32 Å². The first-order chi connectivity index (χ1) is 15.6. The van der Waals surface area contributed by atoms with Crippen molar-refractivity contribution in [2.45, 2.75) is 32.3 Å². The highest BCUT2D eigenvalue weighted by atomic mass is 16.6. The van der Waals surface area contributed by atoms with Crippen molar-refractivity contribution in [3.8, 4) is 5.75 Å². The molecule has 0 aliphatic heterocycles. The van der Waals surface area contributed by atoms with Gasteiger partial charge in [-0.2, -0.15) is 0 Å². The summed E-state index contributed by atoms with van der Waals surface area (Å²) in [5.41, 5.74) is 7.41. The molecule has 4 rings (SSSR count). The van der Waals surface area contributed by atoms with Crippen molar-refractivity contribution in [2.75, 3.05) is 14.2 Å². The molecule has 1 amide bonds. The molecule has 1 unspecified atom stereocenters. The smallest absolute Gasteiger partial charge is 0.273 e. The monoisotopic (exact) mass is 428 g/mol. The molecular formula is C27H28N2O3. The summed E-state index contributed by atoms with van der Waals surface area (Å²) >= 11 is 0. The van der Waals surface area contributed by atoms with Gasteiger partial charge in [0.2, 0.25) is 0 Å². The molecule has 0 radical (unpaired) electrons. The fourth-order valence-corrected chi connectivity index (χ4v) is 4.44. The molecule has 32 heavy (non-hydrogen) atoms. The number of hydrogen-bond donors (Lipinski definition) is 1. The molecule has 0 fully saturated rings. The summed E-state index contributed by atoms with van der Waals surface area (Å²) in [4.78, 5) is 17.1. The van der Waals surface area contributed by atoms with Crippen LogP contribution in [0.2, 0.25) is 0 Å². The van der Waals surface area contributed by atoms with Gasteiger partial charge in [0.1, 0.15) is 19.5 Å². The quantitative estimate of drug-likeness (QED) is 0.436. The van der Waals surface area contributed by atoms with Crippen molar-refractivity contribution < 1.29 is 14.4 Å². The number of likely N-dealkylation sites (N-methyl/N-ethyl adjacent to an activating group) is 1. The van der Waals surface area contributed by atoms with Gasteiger partial charge in [0, 0.05) is 18.5 Å². The number of benzene rings is 3. The fourth-order valence-electron chi connectivity index (χ4n) is 4.44. The first-order valence-electron chi connectivity index (χ1n) is 10.8. The first-order valence-corrected chi connectivity index (χ1v) is 10.8. The number of carbonyl (C=O) groups is 1. The summed E-state index contributed by atoms with van der Waals surface area (Å²) in [6.07, 6.45) is 2.28. The van der Waals surface area contributed by atoms with Crippen molar-refractivity contribution in [2.24, 2.45) is 5.16 Å². The number of rotatable bonds is 7. The van der Waals surface area contributed by atoms with Gasteiger partial charge in [-0.25, -0.2) is 0 Å². The molecule has 1 N–H and O–H groups in total. The summed E-state index contributed by atoms with van der Waals surface area (Å²) in [7, 11) is 2.99. The molecule has 0 bridgehead atoms. The molecule has 1 aliphatic carbocycles. The van der Waals surface area contributed by atoms with Crippen LogP contribution in [0, 0.1) is 6.92 Å². The van der Waals surface area contributed by atoms with Crippen LogP contribution in [0.15, 0.2) is 71.9 Å². The van der Waals surface area contributed by atoms with E-state index in [9.17, 15) is 4.79 Å². The van der Waals surface area contributed by atoms with E-state index in [-0.39, 0.29) is 11.6 Å². The Kier molecular flexibility index (Phi) is 6.55. The van der Waals surface area contributed by atoms with Crippen molar-refractivity contribution in [1.29, 1.82) is 0 Å². The lowest BCUT2D eigenvalue weighted by Crippen LogP contribution is -2.29. The number of ether oxygens (including phenoxy) is 1. The summed E-state index contributed by atoms with van der Waals surface area (Å²) in [6.45, 7) is 2.52. The Hall–Kier alpha value is -3.60. The summed E-state index contributed by atoms with van der Waals surface area (Å²) in [5, 5.41) is 6.51. The van der Waals surface area contributed by atoms with Gasteiger partial charge in [-0.15, -0.1) is 0 Å². The average molecular weight is 429 g/mol. The summed E-state index contributed by atoms with van der Waals surface area (Å²) in [6, 6.07) is 22.5. The minimum Gasteiger partial charge on any atom is -0.489 e. The van der Waals surface area contributed by atoms with E-state index in [0.717, 1.165) is 24.2 Å². The fraction of sp³-hybridized carbons (Fsp3) is 0.259. The van der Waals surface area contributed by atoms with Gasteiger partial charge in [0.05, 0.1) is 0 Å². The molecule has 1 atom stereocenters. The lowest BCUT2D eigenvalue weighted by atomic mass is 9.92. The Labute approximate surface area is 189 Å². The Morgan fingerprint density at radius 2 is 1.84 bits per heavy atom. The van der Waals surface area contributed by atoms with E-state index in [1.54, 1.807) is 7.05 Å². The lowest BCUT2D eigenvalue weighted by molar-refractivity contribution is -0.114. The second kappa shape index (κ2) is 9.69. The number of nitrogens with zero attached hydrogens (tertiary/aromatic N) is 1. The third-order valence-electron chi connectivity index (χ3n) is 6.08. The molecule has 0 spiro atoms. The highest BCUT2D eigenvalue weighted by Gasteiger charge is 2.24. The van der Waals surface area contributed by atoms with Gasteiger partial charge in [0.15, 0.2) is 5.71 Å². The zero-order valence-corrected chi connectivity index (χ0v) is 18.7. The minimum atomic E-state index is -0.310. The molecule has 1 aliphatic rings. The van der Waals surface area contributed by atoms with Crippen LogP contribution < -0.4 is 10.1 Å². The van der Waals surface area contributed by atoms with Crippen LogP contribution in [0.25, 0.3) is 0 Å². The second-order valence-electron chi connectivity index (χ2n) is 7.95. The zero-order chi connectivity index (χ0) is 22.5. The van der Waals surface area contributed by atoms with Crippen LogP contribution in [0.5, 0.6) is 5.75 Å². The Morgan fingerprint density at radius 3 is 2.59 bits per heavy atom. The zero-order valence-electron chi connectivity index (χ0n) is 18.7. The molecule has 3 aromatic carbocycles. The Morgan fingerprint density at radius 1 is 1.06 bits per heavy atom. The maximum absolute atomic E-state index is 12.2. The van der Waals surface area contributed by atoms with Crippen molar-refractivity contribution in [3.05, 3.63) is 100 Å². The number of amides is 1. The van der Waals surface area contributed by atoms with E-state index < -0.39 is 0 Å². The highest BCUT2D eigenvalue weighted by molar-refractivity contribution is 6.45. The minimum absolute atomic E-state index is 0.222. The number of nitrogens with one attached hydrogen (secondary N) is 1. The maximum Gasteiger partial charge on any atom is 0.273 e. The molecular weight excluding hydrogens is 400 g/mol. The van der Waals surface area contributed by atoms with E-state index in [2.05, 4.69) is 47.7 Å². The van der Waals surface area contributed by atoms with Crippen LogP contribution in [-0.4, -0.2) is 25.8 Å². The Balaban J connectivity index is 1.49. The van der Waals surface area contributed by atoms with Gasteiger partial charge >= 0.3 is 0 Å². The number of carbonyl (C=O) groups excluding carboxylic acids is 1. The van der Waals surface area contributed by atoms with Crippen molar-refractivity contribution >= 4 is 11.6 Å². The third kappa shape index (κ3) is 4.37. The standard InChI is InChI=1S/C27H28N2O3/c1-18-7-6-10-25-22(18)15-16-23(25)19-11-13-21(14-12-19)32-17-20-8-4-5-9-24(20)26(29-31-3)27(30)28-2/h4-14,23H,15-17H2,1-3H3,(H,28,30). The van der Waals surface area contributed by atoms with Gasteiger partial charge < -0.3 is 14.9 Å². The van der Waals surface area contributed by atoms with E-state index in [1.807, 2.05) is 36.4 Å². The molecule has 164 valence electrons. The third-order valence-corrected chi connectivity index (χ3v) is 6.08. The van der Waals surface area contributed by atoms with Gasteiger partial charge in [-0.1, -0.05) is 59.8 Å². The summed E-state index contributed by atoms with van der Waals surface area (Å²) < 4.78 is 6.05. The van der Waals surface area contributed by atoms with Crippen LogP contribution in [0.3, 0.4) is 0 Å². The highest BCUT2D eigenvalue weighted by Crippen LogP contribution is 2.39. The molecule has 5 heteroatoms. The topological polar surface area (TPSA) is 59.9 Å². The molecule has 0 aromatic heterocycles. The predicted molar refractivity (Wildman–Crippen MR) is 126 cm³/mol. The Bertz CT molecular complexity index is 1140. The number of hydrogen-bond acceptors (Lipinski definition) is 4. The van der Waals surface area contributed by atoms with Crippen LogP contribution in [0.4, 0.5) is 0 Å². The van der Waals surface area contributed by atoms with Gasteiger partial charge in [-0.05, 0) is 59.7 Å². The van der Waals surface area contributed by atoms with Crippen molar-refractivity contribution in [3.63, 3.8) is 0 Å². The average Bonchev–Trinajstić information content (AvgIpc) is 3.27. The maximum atomic E-state index is 12.2. The first kappa shape index (κ1) is 21.6. The largest absolute Gasteiger partial charge is 0.489 e. The van der Waals surface area contributed by atoms with Crippen LogP contribution in [-0.2, 0) is 22.7 Å². The number of oxime groups is 1. The van der Waals surface area contributed by atoms with E-state index in [0.29, 0.717) is 18.1 Å². The molecule has 3 aromatic rings. The predicted octanol–water partition coefficient (Wildman–Crippen LogP) is 4.75. The SMILES string of the molecule is CNC(=O)C(=NOC)c1ccccc1COc1ccc(C2CCc3c(C)cccc32)cc1.